The van der Waals surface area contributed by atoms with E-state index >= 15 is 0 Å². The van der Waals surface area contributed by atoms with Crippen LogP contribution in [0.15, 0.2) is 36.1 Å². The van der Waals surface area contributed by atoms with E-state index in [-0.39, 0.29) is 24.8 Å². The van der Waals surface area contributed by atoms with Gasteiger partial charge in [-0.05, 0) is 11.6 Å². The predicted octanol–water partition coefficient (Wildman–Crippen LogP) is 3.03. The third kappa shape index (κ3) is 6.06. The molecule has 114 valence electrons. The fraction of sp³-hybridized carbons (Fsp3) is 0.286. The van der Waals surface area contributed by atoms with Crippen LogP contribution in [-0.4, -0.2) is 46.9 Å². The summed E-state index contributed by atoms with van der Waals surface area (Å²) < 4.78 is 4.91. The van der Waals surface area contributed by atoms with E-state index in [4.69, 9.17) is 33.0 Å². The molecule has 5 nitrogen and oxygen atoms in total. The number of halogens is 2. The summed E-state index contributed by atoms with van der Waals surface area (Å²) in [4.78, 5) is 24.3. The second-order valence-electron chi connectivity index (χ2n) is 3.96. The van der Waals surface area contributed by atoms with Gasteiger partial charge in [0.1, 0.15) is 0 Å². The molecule has 0 radical (unpaired) electrons. The van der Waals surface area contributed by atoms with Crippen molar-refractivity contribution in [2.75, 3.05) is 24.8 Å². The van der Waals surface area contributed by atoms with Crippen LogP contribution in [0.5, 0.6) is 0 Å². The first kappa shape index (κ1) is 17.3. The summed E-state index contributed by atoms with van der Waals surface area (Å²) in [5.41, 5.74) is 0.615. The average Bonchev–Trinajstić information content (AvgIpc) is 2.47. The van der Waals surface area contributed by atoms with Crippen molar-refractivity contribution in [1.29, 1.82) is 0 Å². The zero-order valence-corrected chi connectivity index (χ0v) is 12.7. The molecular weight excluding hydrogens is 317 g/mol. The highest BCUT2D eigenvalue weighted by molar-refractivity contribution is 6.18. The Morgan fingerprint density at radius 2 is 1.71 bits per heavy atom. The number of hydrogen-bond donors (Lipinski definition) is 1. The molecule has 1 rings (SSSR count). The average molecular weight is 332 g/mol. The molecule has 1 amide bonds. The third-order valence-corrected chi connectivity index (χ3v) is 2.81. The molecule has 0 heterocycles. The zero-order chi connectivity index (χ0) is 15.7. The van der Waals surface area contributed by atoms with E-state index in [0.29, 0.717) is 5.56 Å². The number of hydrogen-bond acceptors (Lipinski definition) is 3. The normalized spacial score (nSPS) is 11.0. The lowest BCUT2D eigenvalue weighted by Gasteiger charge is -2.19. The fourth-order valence-corrected chi connectivity index (χ4v) is 1.90. The monoisotopic (exact) mass is 331 g/mol. The lowest BCUT2D eigenvalue weighted by atomic mass is 10.2. The predicted molar refractivity (Wildman–Crippen MR) is 81.5 cm³/mol. The molecule has 0 aromatic heterocycles. The second-order valence-corrected chi connectivity index (χ2v) is 4.71. The van der Waals surface area contributed by atoms with Gasteiger partial charge >= 0.3 is 12.1 Å². The quantitative estimate of drug-likeness (QED) is 0.473. The van der Waals surface area contributed by atoms with Gasteiger partial charge in [-0.15, -0.1) is 23.2 Å². The summed E-state index contributed by atoms with van der Waals surface area (Å²) in [5, 5.41) is 9.11. The molecule has 0 aliphatic heterocycles. The zero-order valence-electron chi connectivity index (χ0n) is 11.2. The molecule has 0 aliphatic rings. The van der Waals surface area contributed by atoms with Crippen LogP contribution < -0.4 is 0 Å². The SMILES string of the molecule is O=C(O)C(=Cc1ccccc1)OC(=O)N(CCCl)CCCl. The number of ether oxygens (including phenoxy) is 1. The van der Waals surface area contributed by atoms with E-state index in [9.17, 15) is 9.59 Å². The maximum atomic E-state index is 11.9. The van der Waals surface area contributed by atoms with Crippen LogP contribution in [-0.2, 0) is 9.53 Å². The number of carboxylic acid groups (broad SMARTS) is 1. The number of nitrogens with zero attached hydrogens (tertiary/aromatic N) is 1. The van der Waals surface area contributed by atoms with Crippen molar-refractivity contribution >= 4 is 41.3 Å². The number of carbonyl (C=O) groups excluding carboxylic acids is 1. The van der Waals surface area contributed by atoms with Gasteiger partial charge in [0.15, 0.2) is 0 Å². The van der Waals surface area contributed by atoms with Gasteiger partial charge in [-0.1, -0.05) is 30.3 Å². The van der Waals surface area contributed by atoms with E-state index in [1.165, 1.54) is 11.0 Å². The van der Waals surface area contributed by atoms with E-state index in [0.717, 1.165) is 0 Å². The topological polar surface area (TPSA) is 66.8 Å². The van der Waals surface area contributed by atoms with Gasteiger partial charge in [0, 0.05) is 24.8 Å². The smallest absolute Gasteiger partial charge is 0.415 e. The highest BCUT2D eigenvalue weighted by atomic mass is 35.5. The largest absolute Gasteiger partial charge is 0.475 e. The van der Waals surface area contributed by atoms with Crippen LogP contribution in [0.25, 0.3) is 6.08 Å². The molecule has 0 saturated carbocycles. The summed E-state index contributed by atoms with van der Waals surface area (Å²) in [7, 11) is 0. The molecule has 0 bridgehead atoms. The van der Waals surface area contributed by atoms with Gasteiger partial charge in [0.05, 0.1) is 0 Å². The molecule has 7 heteroatoms. The van der Waals surface area contributed by atoms with E-state index in [1.54, 1.807) is 30.3 Å². The van der Waals surface area contributed by atoms with Crippen molar-refractivity contribution < 1.29 is 19.4 Å². The number of alkyl halides is 2. The maximum Gasteiger partial charge on any atom is 0.415 e. The summed E-state index contributed by atoms with van der Waals surface area (Å²) in [6.07, 6.45) is 0.487. The first-order valence-electron chi connectivity index (χ1n) is 6.17. The van der Waals surface area contributed by atoms with Crippen molar-refractivity contribution in [3.05, 3.63) is 41.7 Å². The summed E-state index contributed by atoms with van der Waals surface area (Å²) in [5.74, 6) is -1.38. The molecule has 0 aliphatic carbocycles. The molecular formula is C14H15Cl2NO4. The van der Waals surface area contributed by atoms with Crippen molar-refractivity contribution in [3.8, 4) is 0 Å². The first-order chi connectivity index (χ1) is 10.1. The van der Waals surface area contributed by atoms with Crippen LogP contribution in [0.4, 0.5) is 4.79 Å². The van der Waals surface area contributed by atoms with Gasteiger partial charge in [-0.3, -0.25) is 0 Å². The molecule has 0 spiro atoms. The standard InChI is InChI=1S/C14H15Cl2NO4/c15-6-8-17(9-7-16)14(20)21-12(13(18)19)10-11-4-2-1-3-5-11/h1-5,10H,6-9H2,(H,18,19). The van der Waals surface area contributed by atoms with Crippen LogP contribution >= 0.6 is 23.2 Å². The van der Waals surface area contributed by atoms with E-state index in [2.05, 4.69) is 0 Å². The Hall–Kier alpha value is -1.72. The fourth-order valence-electron chi connectivity index (χ4n) is 1.49. The highest BCUT2D eigenvalue weighted by Crippen LogP contribution is 2.10. The van der Waals surface area contributed by atoms with Crippen LogP contribution in [0.1, 0.15) is 5.56 Å². The minimum atomic E-state index is -1.33. The maximum absolute atomic E-state index is 11.9. The lowest BCUT2D eigenvalue weighted by molar-refractivity contribution is -0.135. The highest BCUT2D eigenvalue weighted by Gasteiger charge is 2.19. The van der Waals surface area contributed by atoms with Crippen molar-refractivity contribution in [3.63, 3.8) is 0 Å². The summed E-state index contributed by atoms with van der Waals surface area (Å²) in [6, 6.07) is 8.70. The molecule has 1 N–H and O–H groups in total. The van der Waals surface area contributed by atoms with Crippen LogP contribution in [0.3, 0.4) is 0 Å². The molecule has 21 heavy (non-hydrogen) atoms. The number of rotatable bonds is 7. The van der Waals surface area contributed by atoms with E-state index in [1.807, 2.05) is 0 Å². The van der Waals surface area contributed by atoms with Gasteiger partial charge in [-0.2, -0.15) is 0 Å². The number of amides is 1. The minimum Gasteiger partial charge on any atom is -0.475 e. The minimum absolute atomic E-state index is 0.205. The molecule has 0 saturated heterocycles. The molecule has 1 aromatic rings. The number of benzene rings is 1. The molecule has 0 fully saturated rings. The van der Waals surface area contributed by atoms with Gasteiger partial charge in [-0.25, -0.2) is 9.59 Å². The Morgan fingerprint density at radius 3 is 2.19 bits per heavy atom. The Balaban J connectivity index is 2.85. The van der Waals surface area contributed by atoms with Gasteiger partial charge < -0.3 is 14.7 Å². The first-order valence-corrected chi connectivity index (χ1v) is 7.24. The summed E-state index contributed by atoms with van der Waals surface area (Å²) >= 11 is 11.2. The molecule has 0 unspecified atom stereocenters. The molecule has 0 atom stereocenters. The van der Waals surface area contributed by atoms with Crippen LogP contribution in [0, 0.1) is 0 Å². The Kier molecular flexibility index (Phi) is 7.64. The Morgan fingerprint density at radius 1 is 1.14 bits per heavy atom. The summed E-state index contributed by atoms with van der Waals surface area (Å²) in [6.45, 7) is 0.455. The van der Waals surface area contributed by atoms with Crippen molar-refractivity contribution in [2.24, 2.45) is 0 Å². The molecule has 1 aromatic carbocycles. The Labute approximate surface area is 132 Å². The van der Waals surface area contributed by atoms with Gasteiger partial charge in [0.2, 0.25) is 5.76 Å². The van der Waals surface area contributed by atoms with Crippen molar-refractivity contribution in [2.45, 2.75) is 0 Å². The number of aliphatic carboxylic acids is 1. The number of carboxylic acids is 1. The lowest BCUT2D eigenvalue weighted by Crippen LogP contribution is -2.35. The number of carbonyl (C=O) groups is 2. The van der Waals surface area contributed by atoms with Gasteiger partial charge in [0.25, 0.3) is 0 Å². The third-order valence-electron chi connectivity index (χ3n) is 2.47. The second kappa shape index (κ2) is 9.26. The van der Waals surface area contributed by atoms with Crippen molar-refractivity contribution in [1.82, 2.24) is 4.90 Å². The van der Waals surface area contributed by atoms with Crippen LogP contribution in [0.2, 0.25) is 0 Å². The van der Waals surface area contributed by atoms with E-state index < -0.39 is 17.8 Å². The Bertz CT molecular complexity index is 499.